The summed E-state index contributed by atoms with van der Waals surface area (Å²) >= 11 is 0. The molecule has 0 aromatic heterocycles. The molecule has 0 aromatic rings. The molecule has 2 heteroatoms. The number of carboxylic acid groups (broad SMARTS) is 1. The van der Waals surface area contributed by atoms with E-state index in [1.54, 1.807) is 0 Å². The Morgan fingerprint density at radius 2 is 1.12 bits per heavy atom. The fourth-order valence-corrected chi connectivity index (χ4v) is 3.48. The van der Waals surface area contributed by atoms with Crippen LogP contribution in [0.3, 0.4) is 0 Å². The summed E-state index contributed by atoms with van der Waals surface area (Å²) in [6.45, 7) is 6.99. The van der Waals surface area contributed by atoms with E-state index in [9.17, 15) is 4.79 Å². The van der Waals surface area contributed by atoms with Crippen LogP contribution < -0.4 is 0 Å². The van der Waals surface area contributed by atoms with Crippen molar-refractivity contribution in [3.63, 3.8) is 0 Å². The predicted molar refractivity (Wildman–Crippen MR) is 106 cm³/mol. The summed E-state index contributed by atoms with van der Waals surface area (Å²) in [4.78, 5) is 10.4. The standard InChI is InChI=1S/C22H44O2/c1-4-21(18-14-10-7-8-12-16-20(2)3)17-13-9-5-6-11-15-19-22(23)24/h20-21H,4-19H2,1-3H3,(H,23,24). The van der Waals surface area contributed by atoms with Crippen molar-refractivity contribution in [2.45, 2.75) is 124 Å². The molecule has 0 saturated heterocycles. The Kier molecular flexibility index (Phi) is 16.9. The van der Waals surface area contributed by atoms with Crippen LogP contribution in [0.4, 0.5) is 0 Å². The van der Waals surface area contributed by atoms with Crippen molar-refractivity contribution in [2.24, 2.45) is 11.8 Å². The SMILES string of the molecule is CCC(CCCCCCCCC(=O)O)CCCCCCCC(C)C. The molecule has 144 valence electrons. The second kappa shape index (κ2) is 17.3. The van der Waals surface area contributed by atoms with Crippen molar-refractivity contribution in [1.29, 1.82) is 0 Å². The number of hydrogen-bond acceptors (Lipinski definition) is 1. The molecule has 1 N–H and O–H groups in total. The number of carbonyl (C=O) groups is 1. The minimum Gasteiger partial charge on any atom is -0.481 e. The first-order valence-corrected chi connectivity index (χ1v) is 10.8. The maximum atomic E-state index is 10.4. The van der Waals surface area contributed by atoms with Crippen molar-refractivity contribution < 1.29 is 9.90 Å². The minimum atomic E-state index is -0.652. The number of aliphatic carboxylic acids is 1. The Morgan fingerprint density at radius 1 is 0.708 bits per heavy atom. The lowest BCUT2D eigenvalue weighted by Crippen LogP contribution is -1.99. The molecule has 0 heterocycles. The van der Waals surface area contributed by atoms with E-state index in [0.717, 1.165) is 24.7 Å². The summed E-state index contributed by atoms with van der Waals surface area (Å²) in [6.07, 6.45) is 20.2. The average molecular weight is 341 g/mol. The van der Waals surface area contributed by atoms with Crippen molar-refractivity contribution in [2.75, 3.05) is 0 Å². The van der Waals surface area contributed by atoms with Crippen molar-refractivity contribution in [3.05, 3.63) is 0 Å². The second-order valence-electron chi connectivity index (χ2n) is 8.07. The van der Waals surface area contributed by atoms with E-state index < -0.39 is 5.97 Å². The van der Waals surface area contributed by atoms with Gasteiger partial charge in [0, 0.05) is 6.42 Å². The van der Waals surface area contributed by atoms with Gasteiger partial charge in [-0.15, -0.1) is 0 Å². The molecule has 0 amide bonds. The lowest BCUT2D eigenvalue weighted by atomic mass is 9.92. The van der Waals surface area contributed by atoms with Crippen LogP contribution in [0, 0.1) is 11.8 Å². The third kappa shape index (κ3) is 17.8. The van der Waals surface area contributed by atoms with Crippen LogP contribution in [0.15, 0.2) is 0 Å². The fraction of sp³-hybridized carbons (Fsp3) is 0.955. The minimum absolute atomic E-state index is 0.343. The highest BCUT2D eigenvalue weighted by Crippen LogP contribution is 2.22. The first-order valence-electron chi connectivity index (χ1n) is 10.8. The van der Waals surface area contributed by atoms with Gasteiger partial charge in [-0.25, -0.2) is 0 Å². The monoisotopic (exact) mass is 340 g/mol. The Hall–Kier alpha value is -0.530. The van der Waals surface area contributed by atoms with Gasteiger partial charge in [-0.1, -0.05) is 111 Å². The lowest BCUT2D eigenvalue weighted by Gasteiger charge is -2.14. The Labute approximate surface area is 151 Å². The molecule has 0 aliphatic rings. The molecule has 0 spiro atoms. The zero-order valence-electron chi connectivity index (χ0n) is 16.8. The first kappa shape index (κ1) is 23.5. The largest absolute Gasteiger partial charge is 0.481 e. The van der Waals surface area contributed by atoms with Crippen molar-refractivity contribution in [1.82, 2.24) is 0 Å². The molecule has 0 aliphatic carbocycles. The van der Waals surface area contributed by atoms with Crippen LogP contribution in [0.1, 0.15) is 124 Å². The highest BCUT2D eigenvalue weighted by atomic mass is 16.4. The lowest BCUT2D eigenvalue weighted by molar-refractivity contribution is -0.137. The molecule has 1 unspecified atom stereocenters. The predicted octanol–water partition coefficient (Wildman–Crippen LogP) is 7.60. The smallest absolute Gasteiger partial charge is 0.303 e. The van der Waals surface area contributed by atoms with Gasteiger partial charge in [0.2, 0.25) is 0 Å². The van der Waals surface area contributed by atoms with Crippen LogP contribution in [0.5, 0.6) is 0 Å². The maximum absolute atomic E-state index is 10.4. The number of hydrogen-bond donors (Lipinski definition) is 1. The van der Waals surface area contributed by atoms with Gasteiger partial charge in [-0.2, -0.15) is 0 Å². The molecule has 0 bridgehead atoms. The fourth-order valence-electron chi connectivity index (χ4n) is 3.48. The van der Waals surface area contributed by atoms with Crippen LogP contribution in [0.25, 0.3) is 0 Å². The van der Waals surface area contributed by atoms with Gasteiger partial charge in [-0.05, 0) is 18.3 Å². The molecule has 0 saturated carbocycles. The van der Waals surface area contributed by atoms with Crippen LogP contribution in [-0.2, 0) is 4.79 Å². The zero-order valence-corrected chi connectivity index (χ0v) is 16.8. The Balaban J connectivity index is 3.36. The van der Waals surface area contributed by atoms with E-state index in [1.807, 2.05) is 0 Å². The quantitative estimate of drug-likeness (QED) is 0.261. The number of unbranched alkanes of at least 4 members (excludes halogenated alkanes) is 9. The van der Waals surface area contributed by atoms with E-state index in [2.05, 4.69) is 20.8 Å². The third-order valence-corrected chi connectivity index (χ3v) is 5.22. The molecule has 0 rings (SSSR count). The molecule has 0 aliphatic heterocycles. The normalized spacial score (nSPS) is 12.7. The summed E-state index contributed by atoms with van der Waals surface area (Å²) in [5.74, 6) is 1.15. The van der Waals surface area contributed by atoms with Gasteiger partial charge in [0.15, 0.2) is 0 Å². The second-order valence-corrected chi connectivity index (χ2v) is 8.07. The molecule has 2 nitrogen and oxygen atoms in total. The van der Waals surface area contributed by atoms with E-state index in [1.165, 1.54) is 83.5 Å². The van der Waals surface area contributed by atoms with Gasteiger partial charge >= 0.3 is 5.97 Å². The Bertz CT molecular complexity index is 273. The third-order valence-electron chi connectivity index (χ3n) is 5.22. The van der Waals surface area contributed by atoms with Gasteiger partial charge in [-0.3, -0.25) is 4.79 Å². The van der Waals surface area contributed by atoms with Gasteiger partial charge in [0.05, 0.1) is 0 Å². The van der Waals surface area contributed by atoms with Crippen molar-refractivity contribution in [3.8, 4) is 0 Å². The summed E-state index contributed by atoms with van der Waals surface area (Å²) in [7, 11) is 0. The topological polar surface area (TPSA) is 37.3 Å². The summed E-state index contributed by atoms with van der Waals surface area (Å²) in [5, 5.41) is 8.60. The van der Waals surface area contributed by atoms with Gasteiger partial charge in [0.1, 0.15) is 0 Å². The van der Waals surface area contributed by atoms with E-state index >= 15 is 0 Å². The van der Waals surface area contributed by atoms with Gasteiger partial charge < -0.3 is 5.11 Å². The van der Waals surface area contributed by atoms with Gasteiger partial charge in [0.25, 0.3) is 0 Å². The number of carboxylic acids is 1. The maximum Gasteiger partial charge on any atom is 0.303 e. The Morgan fingerprint density at radius 3 is 1.54 bits per heavy atom. The molecule has 24 heavy (non-hydrogen) atoms. The zero-order chi connectivity index (χ0) is 18.0. The van der Waals surface area contributed by atoms with E-state index in [-0.39, 0.29) is 0 Å². The van der Waals surface area contributed by atoms with Crippen LogP contribution >= 0.6 is 0 Å². The highest BCUT2D eigenvalue weighted by molar-refractivity contribution is 5.66. The first-order chi connectivity index (χ1) is 11.6. The summed E-state index contributed by atoms with van der Waals surface area (Å²) in [6, 6.07) is 0. The van der Waals surface area contributed by atoms with E-state index in [4.69, 9.17) is 5.11 Å². The summed E-state index contributed by atoms with van der Waals surface area (Å²) < 4.78 is 0. The van der Waals surface area contributed by atoms with Crippen LogP contribution in [-0.4, -0.2) is 11.1 Å². The molecule has 0 radical (unpaired) electrons. The van der Waals surface area contributed by atoms with Crippen molar-refractivity contribution >= 4 is 5.97 Å². The molecule has 0 aromatic carbocycles. The molecule has 1 atom stereocenters. The molecular formula is C22H44O2. The van der Waals surface area contributed by atoms with Crippen LogP contribution in [0.2, 0.25) is 0 Å². The van der Waals surface area contributed by atoms with E-state index in [0.29, 0.717) is 6.42 Å². The highest BCUT2D eigenvalue weighted by Gasteiger charge is 2.06. The molecular weight excluding hydrogens is 296 g/mol. The number of rotatable bonds is 18. The average Bonchev–Trinajstić information content (AvgIpc) is 2.53. The summed E-state index contributed by atoms with van der Waals surface area (Å²) in [5.41, 5.74) is 0. The molecule has 0 fully saturated rings.